The summed E-state index contributed by atoms with van der Waals surface area (Å²) in [6.07, 6.45) is 1.61. The minimum atomic E-state index is -0.401. The molecule has 1 N–H and O–H groups in total. The van der Waals surface area contributed by atoms with Crippen LogP contribution < -0.4 is 5.32 Å². The number of carbonyl (C=O) groups is 2. The standard InChI is InChI=1S/C15H15NO4S/c1-19-15(18)11-4-6-12(7-5-11)16-14(17)10-21-9-13-3-2-8-20-13/h2-8H,9-10H2,1H3,(H,16,17). The quantitative estimate of drug-likeness (QED) is 0.831. The molecule has 1 aromatic carbocycles. The molecule has 6 heteroatoms. The van der Waals surface area contributed by atoms with E-state index in [0.29, 0.717) is 22.8 Å². The molecule has 1 heterocycles. The summed E-state index contributed by atoms with van der Waals surface area (Å²) < 4.78 is 9.79. The average molecular weight is 305 g/mol. The van der Waals surface area contributed by atoms with Gasteiger partial charge in [0.2, 0.25) is 5.91 Å². The maximum Gasteiger partial charge on any atom is 0.337 e. The second-order valence-corrected chi connectivity index (χ2v) is 5.17. The molecule has 2 rings (SSSR count). The topological polar surface area (TPSA) is 68.5 Å². The fourth-order valence-corrected chi connectivity index (χ4v) is 2.37. The number of ether oxygens (including phenoxy) is 1. The summed E-state index contributed by atoms with van der Waals surface area (Å²) in [7, 11) is 1.33. The Morgan fingerprint density at radius 3 is 2.62 bits per heavy atom. The van der Waals surface area contributed by atoms with Gasteiger partial charge in [0.25, 0.3) is 0 Å². The maximum absolute atomic E-state index is 11.8. The number of anilines is 1. The van der Waals surface area contributed by atoms with Crippen molar-refractivity contribution in [1.82, 2.24) is 0 Å². The Labute approximate surface area is 126 Å². The smallest absolute Gasteiger partial charge is 0.337 e. The molecule has 21 heavy (non-hydrogen) atoms. The molecule has 110 valence electrons. The first-order chi connectivity index (χ1) is 10.2. The molecule has 0 bridgehead atoms. The lowest BCUT2D eigenvalue weighted by Gasteiger charge is -2.05. The zero-order chi connectivity index (χ0) is 15.1. The van der Waals surface area contributed by atoms with E-state index in [1.54, 1.807) is 30.5 Å². The Kier molecular flexibility index (Phi) is 5.45. The van der Waals surface area contributed by atoms with Crippen LogP contribution in [-0.2, 0) is 15.3 Å². The number of amides is 1. The predicted octanol–water partition coefficient (Wildman–Crippen LogP) is 2.94. The minimum Gasteiger partial charge on any atom is -0.468 e. The highest BCUT2D eigenvalue weighted by molar-refractivity contribution is 7.99. The number of esters is 1. The molecular weight excluding hydrogens is 290 g/mol. The number of furan rings is 1. The number of hydrogen-bond donors (Lipinski definition) is 1. The Hall–Kier alpha value is -2.21. The van der Waals surface area contributed by atoms with Gasteiger partial charge in [-0.25, -0.2) is 4.79 Å². The highest BCUT2D eigenvalue weighted by Crippen LogP contribution is 2.14. The van der Waals surface area contributed by atoms with Crippen LogP contribution in [0.15, 0.2) is 47.1 Å². The number of carbonyl (C=O) groups excluding carboxylic acids is 2. The van der Waals surface area contributed by atoms with Crippen molar-refractivity contribution in [1.29, 1.82) is 0 Å². The van der Waals surface area contributed by atoms with Crippen molar-refractivity contribution in [3.8, 4) is 0 Å². The van der Waals surface area contributed by atoms with E-state index >= 15 is 0 Å². The van der Waals surface area contributed by atoms with Gasteiger partial charge >= 0.3 is 5.97 Å². The molecule has 0 unspecified atom stereocenters. The summed E-state index contributed by atoms with van der Waals surface area (Å²) in [5.41, 5.74) is 1.09. The maximum atomic E-state index is 11.8. The Bertz CT molecular complexity index is 593. The van der Waals surface area contributed by atoms with Gasteiger partial charge in [0.1, 0.15) is 5.76 Å². The van der Waals surface area contributed by atoms with E-state index in [9.17, 15) is 9.59 Å². The molecule has 0 saturated heterocycles. The summed E-state index contributed by atoms with van der Waals surface area (Å²) >= 11 is 1.47. The van der Waals surface area contributed by atoms with Gasteiger partial charge in [0.15, 0.2) is 0 Å². The summed E-state index contributed by atoms with van der Waals surface area (Å²) in [4.78, 5) is 23.0. The van der Waals surface area contributed by atoms with Crippen molar-refractivity contribution < 1.29 is 18.7 Å². The fourth-order valence-electron chi connectivity index (χ4n) is 1.64. The average Bonchev–Trinajstić information content (AvgIpc) is 3.00. The molecule has 5 nitrogen and oxygen atoms in total. The van der Waals surface area contributed by atoms with E-state index in [-0.39, 0.29) is 5.91 Å². The third kappa shape index (κ3) is 4.68. The molecule has 0 radical (unpaired) electrons. The number of methoxy groups -OCH3 is 1. The van der Waals surface area contributed by atoms with Crippen LogP contribution in [0.1, 0.15) is 16.1 Å². The summed E-state index contributed by atoms with van der Waals surface area (Å²) in [5, 5.41) is 2.76. The number of nitrogens with one attached hydrogen (secondary N) is 1. The molecule has 2 aromatic rings. The summed E-state index contributed by atoms with van der Waals surface area (Å²) in [5.74, 6) is 1.33. The highest BCUT2D eigenvalue weighted by Gasteiger charge is 2.07. The van der Waals surface area contributed by atoms with E-state index in [1.165, 1.54) is 18.9 Å². The molecule has 0 atom stereocenters. The second-order valence-electron chi connectivity index (χ2n) is 4.19. The Balaban J connectivity index is 1.78. The van der Waals surface area contributed by atoms with Gasteiger partial charge in [-0.3, -0.25) is 4.79 Å². The van der Waals surface area contributed by atoms with Crippen LogP contribution in [0, 0.1) is 0 Å². The normalized spacial score (nSPS) is 10.1. The van der Waals surface area contributed by atoms with Crippen LogP contribution in [0.25, 0.3) is 0 Å². The molecule has 0 aliphatic rings. The third-order valence-corrected chi connectivity index (χ3v) is 3.60. The second kappa shape index (κ2) is 7.54. The lowest BCUT2D eigenvalue weighted by molar-refractivity contribution is -0.113. The molecule has 0 saturated carbocycles. The van der Waals surface area contributed by atoms with Crippen LogP contribution in [0.4, 0.5) is 5.69 Å². The Morgan fingerprint density at radius 1 is 1.24 bits per heavy atom. The molecule has 0 spiro atoms. The molecule has 1 aromatic heterocycles. The van der Waals surface area contributed by atoms with Crippen molar-refractivity contribution in [3.05, 3.63) is 54.0 Å². The van der Waals surface area contributed by atoms with Crippen molar-refractivity contribution in [2.45, 2.75) is 5.75 Å². The zero-order valence-electron chi connectivity index (χ0n) is 11.5. The predicted molar refractivity (Wildman–Crippen MR) is 81.3 cm³/mol. The Morgan fingerprint density at radius 2 is 2.00 bits per heavy atom. The van der Waals surface area contributed by atoms with Gasteiger partial charge < -0.3 is 14.5 Å². The van der Waals surface area contributed by atoms with Gasteiger partial charge in [0, 0.05) is 5.69 Å². The minimum absolute atomic E-state index is 0.0997. The van der Waals surface area contributed by atoms with E-state index in [2.05, 4.69) is 10.1 Å². The van der Waals surface area contributed by atoms with Crippen molar-refractivity contribution in [2.75, 3.05) is 18.2 Å². The van der Waals surface area contributed by atoms with E-state index in [1.807, 2.05) is 12.1 Å². The molecule has 1 amide bonds. The summed E-state index contributed by atoms with van der Waals surface area (Å²) in [6, 6.07) is 10.2. The lowest BCUT2D eigenvalue weighted by atomic mass is 10.2. The molecule has 0 aliphatic carbocycles. The van der Waals surface area contributed by atoms with Crippen molar-refractivity contribution in [2.24, 2.45) is 0 Å². The number of rotatable bonds is 6. The first kappa shape index (κ1) is 15.2. The first-order valence-electron chi connectivity index (χ1n) is 6.27. The van der Waals surface area contributed by atoms with Gasteiger partial charge in [-0.15, -0.1) is 11.8 Å². The van der Waals surface area contributed by atoms with E-state index < -0.39 is 5.97 Å². The molecule has 0 aliphatic heterocycles. The van der Waals surface area contributed by atoms with Gasteiger partial charge in [-0.1, -0.05) is 0 Å². The van der Waals surface area contributed by atoms with Crippen molar-refractivity contribution in [3.63, 3.8) is 0 Å². The van der Waals surface area contributed by atoms with E-state index in [4.69, 9.17) is 4.42 Å². The largest absolute Gasteiger partial charge is 0.468 e. The third-order valence-electron chi connectivity index (χ3n) is 2.65. The number of benzene rings is 1. The summed E-state index contributed by atoms with van der Waals surface area (Å²) in [6.45, 7) is 0. The van der Waals surface area contributed by atoms with Gasteiger partial charge in [0.05, 0.1) is 30.4 Å². The monoisotopic (exact) mass is 305 g/mol. The van der Waals surface area contributed by atoms with Crippen LogP contribution in [0.2, 0.25) is 0 Å². The number of hydrogen-bond acceptors (Lipinski definition) is 5. The zero-order valence-corrected chi connectivity index (χ0v) is 12.3. The highest BCUT2D eigenvalue weighted by atomic mass is 32.2. The van der Waals surface area contributed by atoms with E-state index in [0.717, 1.165) is 5.76 Å². The molecular formula is C15H15NO4S. The van der Waals surface area contributed by atoms with Crippen LogP contribution in [0.5, 0.6) is 0 Å². The number of thioether (sulfide) groups is 1. The lowest BCUT2D eigenvalue weighted by Crippen LogP contribution is -2.14. The van der Waals surface area contributed by atoms with Crippen molar-refractivity contribution >= 4 is 29.3 Å². The van der Waals surface area contributed by atoms with Gasteiger partial charge in [-0.2, -0.15) is 0 Å². The van der Waals surface area contributed by atoms with Gasteiger partial charge in [-0.05, 0) is 36.4 Å². The first-order valence-corrected chi connectivity index (χ1v) is 7.43. The fraction of sp³-hybridized carbons (Fsp3) is 0.200. The van der Waals surface area contributed by atoms with Crippen LogP contribution in [-0.4, -0.2) is 24.7 Å². The SMILES string of the molecule is COC(=O)c1ccc(NC(=O)CSCc2ccco2)cc1. The van der Waals surface area contributed by atoms with Crippen LogP contribution in [0.3, 0.4) is 0 Å². The molecule has 0 fully saturated rings. The van der Waals surface area contributed by atoms with Crippen LogP contribution >= 0.6 is 11.8 Å².